The zero-order valence-corrected chi connectivity index (χ0v) is 12.8. The summed E-state index contributed by atoms with van der Waals surface area (Å²) >= 11 is 0. The second kappa shape index (κ2) is 5.95. The summed E-state index contributed by atoms with van der Waals surface area (Å²) in [4.78, 5) is 12.4. The van der Waals surface area contributed by atoms with E-state index in [4.69, 9.17) is 5.73 Å². The maximum Gasteiger partial charge on any atom is 0.230 e. The van der Waals surface area contributed by atoms with E-state index < -0.39 is 10.8 Å². The predicted octanol–water partition coefficient (Wildman–Crippen LogP) is 1.57. The standard InChI is InChI=1S/C15H22N2O2S/c1-11(7-10-20(2)19)17-14(18)15(8-9-15)12-3-5-13(16)6-4-12/h3-6,11H,7-10,16H2,1-2H3,(H,17,18). The first-order chi connectivity index (χ1) is 9.44. The Labute approximate surface area is 122 Å². The van der Waals surface area contributed by atoms with Gasteiger partial charge in [-0.25, -0.2) is 0 Å². The van der Waals surface area contributed by atoms with Crippen molar-refractivity contribution in [2.45, 2.75) is 37.6 Å². The van der Waals surface area contributed by atoms with Crippen molar-refractivity contribution in [1.82, 2.24) is 5.32 Å². The summed E-state index contributed by atoms with van der Waals surface area (Å²) < 4.78 is 11.1. The summed E-state index contributed by atoms with van der Waals surface area (Å²) in [7, 11) is -0.810. The van der Waals surface area contributed by atoms with Gasteiger partial charge in [0.2, 0.25) is 5.91 Å². The lowest BCUT2D eigenvalue weighted by molar-refractivity contribution is -0.124. The lowest BCUT2D eigenvalue weighted by atomic mass is 9.94. The van der Waals surface area contributed by atoms with Crippen molar-refractivity contribution in [3.8, 4) is 0 Å². The summed E-state index contributed by atoms with van der Waals surface area (Å²) in [6, 6.07) is 7.61. The van der Waals surface area contributed by atoms with Crippen LogP contribution in [0.15, 0.2) is 24.3 Å². The maximum atomic E-state index is 12.4. The highest BCUT2D eigenvalue weighted by molar-refractivity contribution is 7.84. The molecular weight excluding hydrogens is 272 g/mol. The lowest BCUT2D eigenvalue weighted by Crippen LogP contribution is -2.40. The van der Waals surface area contributed by atoms with Crippen LogP contribution in [0, 0.1) is 0 Å². The second-order valence-corrected chi connectivity index (χ2v) is 7.20. The van der Waals surface area contributed by atoms with Crippen LogP contribution in [0.25, 0.3) is 0 Å². The molecule has 0 aliphatic heterocycles. The van der Waals surface area contributed by atoms with E-state index in [1.165, 1.54) is 0 Å². The summed E-state index contributed by atoms with van der Waals surface area (Å²) in [6.45, 7) is 1.96. The second-order valence-electron chi connectivity index (χ2n) is 5.64. The zero-order valence-electron chi connectivity index (χ0n) is 12.0. The number of amides is 1. The van der Waals surface area contributed by atoms with E-state index in [0.717, 1.165) is 24.8 Å². The van der Waals surface area contributed by atoms with Crippen LogP contribution in [0.1, 0.15) is 31.7 Å². The molecule has 1 amide bonds. The van der Waals surface area contributed by atoms with E-state index in [0.29, 0.717) is 11.4 Å². The Morgan fingerprint density at radius 2 is 2.00 bits per heavy atom. The number of benzene rings is 1. The number of hydrogen-bond donors (Lipinski definition) is 2. The number of carbonyl (C=O) groups excluding carboxylic acids is 1. The molecule has 2 atom stereocenters. The maximum absolute atomic E-state index is 12.4. The predicted molar refractivity (Wildman–Crippen MR) is 82.9 cm³/mol. The fourth-order valence-corrected chi connectivity index (χ4v) is 3.04. The molecular formula is C15H22N2O2S. The van der Waals surface area contributed by atoms with Crippen LogP contribution in [0.5, 0.6) is 0 Å². The zero-order chi connectivity index (χ0) is 14.8. The molecule has 3 N–H and O–H groups in total. The van der Waals surface area contributed by atoms with Gasteiger partial charge in [0.15, 0.2) is 0 Å². The normalized spacial score (nSPS) is 19.1. The Morgan fingerprint density at radius 3 is 2.50 bits per heavy atom. The largest absolute Gasteiger partial charge is 0.399 e. The summed E-state index contributed by atoms with van der Waals surface area (Å²) in [5.41, 5.74) is 7.07. The van der Waals surface area contributed by atoms with Crippen molar-refractivity contribution >= 4 is 22.4 Å². The van der Waals surface area contributed by atoms with E-state index in [1.807, 2.05) is 31.2 Å². The van der Waals surface area contributed by atoms with E-state index in [9.17, 15) is 9.00 Å². The molecule has 0 heterocycles. The minimum absolute atomic E-state index is 0.0534. The summed E-state index contributed by atoms with van der Waals surface area (Å²) in [5.74, 6) is 0.702. The first kappa shape index (κ1) is 15.0. The van der Waals surface area contributed by atoms with Crippen LogP contribution in [-0.4, -0.2) is 28.2 Å². The first-order valence-electron chi connectivity index (χ1n) is 6.91. The number of anilines is 1. The van der Waals surface area contributed by atoms with Crippen LogP contribution in [0.2, 0.25) is 0 Å². The van der Waals surface area contributed by atoms with E-state index in [1.54, 1.807) is 6.26 Å². The van der Waals surface area contributed by atoms with Gasteiger partial charge in [0.25, 0.3) is 0 Å². The molecule has 1 aromatic carbocycles. The van der Waals surface area contributed by atoms with E-state index >= 15 is 0 Å². The van der Waals surface area contributed by atoms with Gasteiger partial charge in [-0.05, 0) is 43.9 Å². The molecule has 5 heteroatoms. The van der Waals surface area contributed by atoms with Crippen LogP contribution in [-0.2, 0) is 21.0 Å². The molecule has 20 heavy (non-hydrogen) atoms. The first-order valence-corrected chi connectivity index (χ1v) is 8.64. The van der Waals surface area contributed by atoms with Crippen molar-refractivity contribution in [2.75, 3.05) is 17.7 Å². The monoisotopic (exact) mass is 294 g/mol. The van der Waals surface area contributed by atoms with E-state index in [2.05, 4.69) is 5.32 Å². The molecule has 110 valence electrons. The molecule has 0 aromatic heterocycles. The highest BCUT2D eigenvalue weighted by Crippen LogP contribution is 2.48. The quantitative estimate of drug-likeness (QED) is 0.782. The highest BCUT2D eigenvalue weighted by Gasteiger charge is 2.51. The third-order valence-electron chi connectivity index (χ3n) is 3.86. The van der Waals surface area contributed by atoms with Crippen LogP contribution < -0.4 is 11.1 Å². The van der Waals surface area contributed by atoms with Gasteiger partial charge in [0.1, 0.15) is 0 Å². The fourth-order valence-electron chi connectivity index (χ4n) is 2.35. The number of rotatable bonds is 6. The van der Waals surface area contributed by atoms with Gasteiger partial charge in [-0.15, -0.1) is 0 Å². The van der Waals surface area contributed by atoms with Gasteiger partial charge in [0.05, 0.1) is 5.41 Å². The Bertz CT molecular complexity index is 509. The molecule has 0 saturated heterocycles. The van der Waals surface area contributed by atoms with Crippen LogP contribution in [0.3, 0.4) is 0 Å². The molecule has 1 aliphatic carbocycles. The molecule has 2 rings (SSSR count). The van der Waals surface area contributed by atoms with Gasteiger partial charge in [-0.1, -0.05) is 12.1 Å². The number of nitrogen functional groups attached to an aromatic ring is 1. The minimum atomic E-state index is -0.810. The SMILES string of the molecule is CC(CCS(C)=O)NC(=O)C1(c2ccc(N)cc2)CC1. The van der Waals surface area contributed by atoms with Crippen molar-refractivity contribution in [3.63, 3.8) is 0 Å². The van der Waals surface area contributed by atoms with Crippen molar-refractivity contribution in [2.24, 2.45) is 0 Å². The molecule has 1 saturated carbocycles. The summed E-state index contributed by atoms with van der Waals surface area (Å²) in [6.07, 6.45) is 4.20. The third-order valence-corrected chi connectivity index (χ3v) is 4.67. The number of nitrogens with one attached hydrogen (secondary N) is 1. The molecule has 0 radical (unpaired) electrons. The van der Waals surface area contributed by atoms with Gasteiger partial charge in [-0.3, -0.25) is 9.00 Å². The average Bonchev–Trinajstić information content (AvgIpc) is 3.18. The van der Waals surface area contributed by atoms with Crippen molar-refractivity contribution in [1.29, 1.82) is 0 Å². The smallest absolute Gasteiger partial charge is 0.230 e. The molecule has 1 aliphatic rings. The summed E-state index contributed by atoms with van der Waals surface area (Å²) in [5, 5.41) is 3.05. The fraction of sp³-hybridized carbons (Fsp3) is 0.533. The molecule has 1 aromatic rings. The molecule has 2 unspecified atom stereocenters. The Balaban J connectivity index is 1.98. The third kappa shape index (κ3) is 3.39. The van der Waals surface area contributed by atoms with E-state index in [-0.39, 0.29) is 17.4 Å². The number of carbonyl (C=O) groups is 1. The van der Waals surface area contributed by atoms with Gasteiger partial charge in [0, 0.05) is 34.5 Å². The molecule has 0 spiro atoms. The molecule has 4 nitrogen and oxygen atoms in total. The van der Waals surface area contributed by atoms with Gasteiger partial charge >= 0.3 is 0 Å². The minimum Gasteiger partial charge on any atom is -0.399 e. The van der Waals surface area contributed by atoms with Crippen LogP contribution >= 0.6 is 0 Å². The lowest BCUT2D eigenvalue weighted by Gasteiger charge is -2.20. The van der Waals surface area contributed by atoms with Crippen molar-refractivity contribution < 1.29 is 9.00 Å². The Hall–Kier alpha value is -1.36. The Kier molecular flexibility index (Phi) is 4.48. The average molecular weight is 294 g/mol. The highest BCUT2D eigenvalue weighted by atomic mass is 32.2. The topological polar surface area (TPSA) is 72.2 Å². The van der Waals surface area contributed by atoms with Gasteiger partial charge in [-0.2, -0.15) is 0 Å². The van der Waals surface area contributed by atoms with Gasteiger partial charge < -0.3 is 11.1 Å². The Morgan fingerprint density at radius 1 is 1.40 bits per heavy atom. The number of nitrogens with two attached hydrogens (primary N) is 1. The molecule has 0 bridgehead atoms. The van der Waals surface area contributed by atoms with Crippen LogP contribution in [0.4, 0.5) is 5.69 Å². The molecule has 1 fully saturated rings. The van der Waals surface area contributed by atoms with Crippen molar-refractivity contribution in [3.05, 3.63) is 29.8 Å². The number of hydrogen-bond acceptors (Lipinski definition) is 3.